The van der Waals surface area contributed by atoms with Gasteiger partial charge in [0, 0.05) is 36.4 Å². The molecule has 3 aromatic rings. The molecule has 1 saturated heterocycles. The molecule has 0 radical (unpaired) electrons. The highest BCUT2D eigenvalue weighted by atomic mass is 16.5. The smallest absolute Gasteiger partial charge is 0.305 e. The Morgan fingerprint density at radius 1 is 1.17 bits per heavy atom. The summed E-state index contributed by atoms with van der Waals surface area (Å²) in [6, 6.07) is 9.31. The molecule has 2 aromatic carbocycles. The number of nitrogens with one attached hydrogen (secondary N) is 1. The predicted molar refractivity (Wildman–Crippen MR) is 110 cm³/mol. The maximum Gasteiger partial charge on any atom is 0.305 e. The molecule has 1 aliphatic heterocycles. The van der Waals surface area contributed by atoms with Crippen LogP contribution in [-0.2, 0) is 4.79 Å². The van der Waals surface area contributed by atoms with Crippen molar-refractivity contribution in [2.24, 2.45) is 0 Å². The molecule has 0 bridgehead atoms. The van der Waals surface area contributed by atoms with Crippen molar-refractivity contribution >= 4 is 34.0 Å². The lowest BCUT2D eigenvalue weighted by molar-refractivity contribution is -0.136. The third-order valence-corrected chi connectivity index (χ3v) is 5.73. The average molecular weight is 391 g/mol. The number of anilines is 2. The van der Waals surface area contributed by atoms with Crippen LogP contribution in [0.15, 0.2) is 34.9 Å². The number of carbonyl (C=O) groups excluding carboxylic acids is 1. The van der Waals surface area contributed by atoms with Crippen molar-refractivity contribution < 1.29 is 19.2 Å². The summed E-state index contributed by atoms with van der Waals surface area (Å²) in [5.74, 6) is -0.375. The minimum atomic E-state index is -0.884. The number of ketones is 1. The van der Waals surface area contributed by atoms with Crippen molar-refractivity contribution in [3.05, 3.63) is 41.5 Å². The van der Waals surface area contributed by atoms with Gasteiger partial charge in [0.2, 0.25) is 0 Å². The van der Waals surface area contributed by atoms with Crippen LogP contribution in [0.1, 0.15) is 41.6 Å². The molecule has 0 spiro atoms. The van der Waals surface area contributed by atoms with E-state index >= 15 is 0 Å². The SMILES string of the molecule is O=C(O)CCNc1cc(N2CCCCC2)c2noc3c2c1C(=O)c1ccccc1-3. The van der Waals surface area contributed by atoms with Gasteiger partial charge in [0.25, 0.3) is 0 Å². The Morgan fingerprint density at radius 3 is 2.69 bits per heavy atom. The molecule has 2 aliphatic rings. The van der Waals surface area contributed by atoms with Gasteiger partial charge in [-0.25, -0.2) is 0 Å². The highest BCUT2D eigenvalue weighted by Gasteiger charge is 2.33. The van der Waals surface area contributed by atoms with Crippen LogP contribution in [0.3, 0.4) is 0 Å². The molecule has 0 atom stereocenters. The van der Waals surface area contributed by atoms with Crippen molar-refractivity contribution in [1.82, 2.24) is 5.16 Å². The number of hydrogen-bond acceptors (Lipinski definition) is 6. The van der Waals surface area contributed by atoms with Gasteiger partial charge in [0.05, 0.1) is 23.1 Å². The van der Waals surface area contributed by atoms with Gasteiger partial charge in [-0.2, -0.15) is 0 Å². The largest absolute Gasteiger partial charge is 0.481 e. The fourth-order valence-corrected chi connectivity index (χ4v) is 4.36. The number of piperidine rings is 1. The van der Waals surface area contributed by atoms with Crippen LogP contribution >= 0.6 is 0 Å². The Kier molecular flexibility index (Phi) is 4.23. The number of benzene rings is 2. The normalized spacial score (nSPS) is 15.4. The van der Waals surface area contributed by atoms with E-state index in [1.807, 2.05) is 24.3 Å². The van der Waals surface area contributed by atoms with Gasteiger partial charge in [-0.1, -0.05) is 29.4 Å². The van der Waals surface area contributed by atoms with E-state index in [0.29, 0.717) is 28.1 Å². The van der Waals surface area contributed by atoms with E-state index in [9.17, 15) is 9.59 Å². The van der Waals surface area contributed by atoms with E-state index in [2.05, 4.69) is 15.4 Å². The summed E-state index contributed by atoms with van der Waals surface area (Å²) in [7, 11) is 0. The monoisotopic (exact) mass is 391 g/mol. The molecule has 1 fully saturated rings. The van der Waals surface area contributed by atoms with Gasteiger partial charge in [-0.05, 0) is 25.3 Å². The van der Waals surface area contributed by atoms with Crippen molar-refractivity contribution in [3.63, 3.8) is 0 Å². The van der Waals surface area contributed by atoms with E-state index in [4.69, 9.17) is 9.63 Å². The zero-order valence-corrected chi connectivity index (χ0v) is 15.9. The molecule has 29 heavy (non-hydrogen) atoms. The summed E-state index contributed by atoms with van der Waals surface area (Å²) in [5.41, 5.74) is 4.11. The van der Waals surface area contributed by atoms with Gasteiger partial charge in [0.15, 0.2) is 11.5 Å². The number of nitrogens with zero attached hydrogens (tertiary/aromatic N) is 2. The second-order valence-electron chi connectivity index (χ2n) is 7.55. The number of rotatable bonds is 5. The minimum absolute atomic E-state index is 0.0300. The summed E-state index contributed by atoms with van der Waals surface area (Å²) in [5, 5.41) is 17.3. The maximum absolute atomic E-state index is 13.4. The van der Waals surface area contributed by atoms with Crippen LogP contribution < -0.4 is 10.2 Å². The molecule has 5 rings (SSSR count). The summed E-state index contributed by atoms with van der Waals surface area (Å²) in [4.78, 5) is 26.6. The Labute approximate surface area is 167 Å². The number of aromatic nitrogens is 1. The van der Waals surface area contributed by atoms with Gasteiger partial charge >= 0.3 is 5.97 Å². The first-order valence-electron chi connectivity index (χ1n) is 9.96. The average Bonchev–Trinajstić information content (AvgIpc) is 3.18. The summed E-state index contributed by atoms with van der Waals surface area (Å²) in [6.07, 6.45) is 3.39. The molecule has 0 unspecified atom stereocenters. The lowest BCUT2D eigenvalue weighted by Crippen LogP contribution is -2.30. The number of carboxylic acid groups (broad SMARTS) is 1. The zero-order chi connectivity index (χ0) is 20.0. The quantitative estimate of drug-likeness (QED) is 0.532. The Balaban J connectivity index is 1.72. The van der Waals surface area contributed by atoms with E-state index in [0.717, 1.165) is 42.6 Å². The van der Waals surface area contributed by atoms with Crippen LogP contribution in [0.4, 0.5) is 11.4 Å². The second kappa shape index (κ2) is 6.92. The predicted octanol–water partition coefficient (Wildman–Crippen LogP) is 3.92. The molecule has 1 aromatic heterocycles. The van der Waals surface area contributed by atoms with Gasteiger partial charge in [0.1, 0.15) is 5.52 Å². The first kappa shape index (κ1) is 17.7. The van der Waals surface area contributed by atoms with E-state index in [-0.39, 0.29) is 18.7 Å². The highest BCUT2D eigenvalue weighted by molar-refractivity contribution is 6.28. The Bertz CT molecular complexity index is 1130. The second-order valence-corrected chi connectivity index (χ2v) is 7.55. The molecule has 1 aliphatic carbocycles. The van der Waals surface area contributed by atoms with Crippen molar-refractivity contribution in [2.75, 3.05) is 29.9 Å². The van der Waals surface area contributed by atoms with Crippen LogP contribution in [-0.4, -0.2) is 41.7 Å². The van der Waals surface area contributed by atoms with E-state index in [1.165, 1.54) is 6.42 Å². The molecule has 7 heteroatoms. The molecule has 2 N–H and O–H groups in total. The third kappa shape index (κ3) is 2.85. The number of aliphatic carboxylic acids is 1. The molecule has 2 heterocycles. The highest BCUT2D eigenvalue weighted by Crippen LogP contribution is 2.46. The van der Waals surface area contributed by atoms with E-state index in [1.54, 1.807) is 6.07 Å². The van der Waals surface area contributed by atoms with Crippen molar-refractivity contribution in [1.29, 1.82) is 0 Å². The number of carboxylic acids is 1. The lowest BCUT2D eigenvalue weighted by atomic mass is 9.86. The fourth-order valence-electron chi connectivity index (χ4n) is 4.36. The molecule has 0 amide bonds. The van der Waals surface area contributed by atoms with Crippen LogP contribution in [0, 0.1) is 0 Å². The fraction of sp³-hybridized carbons (Fsp3) is 0.318. The molecular formula is C22H21N3O4. The lowest BCUT2D eigenvalue weighted by Gasteiger charge is -2.30. The summed E-state index contributed by atoms with van der Waals surface area (Å²) < 4.78 is 5.75. The number of carbonyl (C=O) groups is 2. The Hall–Kier alpha value is -3.35. The van der Waals surface area contributed by atoms with E-state index < -0.39 is 5.97 Å². The molecule has 7 nitrogen and oxygen atoms in total. The first-order chi connectivity index (χ1) is 14.1. The first-order valence-corrected chi connectivity index (χ1v) is 9.96. The number of fused-ring (bicyclic) bond motifs is 2. The van der Waals surface area contributed by atoms with Crippen molar-refractivity contribution in [3.8, 4) is 11.3 Å². The van der Waals surface area contributed by atoms with Crippen LogP contribution in [0.25, 0.3) is 22.2 Å². The standard InChI is InChI=1S/C22H21N3O4/c26-17(27)8-9-23-15-12-16(25-10-4-1-5-11-25)20-19-18(15)21(28)13-6-2-3-7-14(13)22(19)29-24-20/h2-3,6-7,12,23H,1,4-5,8-11H2,(H,26,27). The Morgan fingerprint density at radius 2 is 1.93 bits per heavy atom. The topological polar surface area (TPSA) is 95.7 Å². The summed E-state index contributed by atoms with van der Waals surface area (Å²) >= 11 is 0. The summed E-state index contributed by atoms with van der Waals surface area (Å²) in [6.45, 7) is 2.09. The molecule has 0 saturated carbocycles. The van der Waals surface area contributed by atoms with Crippen LogP contribution in [0.2, 0.25) is 0 Å². The molecular weight excluding hydrogens is 370 g/mol. The minimum Gasteiger partial charge on any atom is -0.481 e. The van der Waals surface area contributed by atoms with Gasteiger partial charge in [-0.3, -0.25) is 9.59 Å². The van der Waals surface area contributed by atoms with Crippen molar-refractivity contribution in [2.45, 2.75) is 25.7 Å². The third-order valence-electron chi connectivity index (χ3n) is 5.73. The van der Waals surface area contributed by atoms with Gasteiger partial charge < -0.3 is 19.8 Å². The maximum atomic E-state index is 13.4. The van der Waals surface area contributed by atoms with Gasteiger partial charge in [-0.15, -0.1) is 0 Å². The molecule has 148 valence electrons. The zero-order valence-electron chi connectivity index (χ0n) is 15.9. The number of hydrogen-bond donors (Lipinski definition) is 2. The van der Waals surface area contributed by atoms with Crippen LogP contribution in [0.5, 0.6) is 0 Å².